The van der Waals surface area contributed by atoms with E-state index in [2.05, 4.69) is 10.4 Å². The van der Waals surface area contributed by atoms with Gasteiger partial charge in [-0.1, -0.05) is 18.2 Å². The van der Waals surface area contributed by atoms with Crippen LogP contribution in [0.5, 0.6) is 0 Å². The first-order chi connectivity index (χ1) is 10.7. The van der Waals surface area contributed by atoms with Gasteiger partial charge in [0.25, 0.3) is 0 Å². The van der Waals surface area contributed by atoms with E-state index in [-0.39, 0.29) is 25.8 Å². The van der Waals surface area contributed by atoms with Crippen LogP contribution in [0.15, 0.2) is 42.7 Å². The molecule has 0 atom stereocenters. The SMILES string of the molecule is O=C(Nc1cnn(-c2ccccc2)c1)N(CCO)CCCO. The van der Waals surface area contributed by atoms with Gasteiger partial charge in [0.05, 0.1) is 30.4 Å². The van der Waals surface area contributed by atoms with Crippen LogP contribution in [0.1, 0.15) is 6.42 Å². The molecule has 22 heavy (non-hydrogen) atoms. The number of nitrogens with zero attached hydrogens (tertiary/aromatic N) is 3. The molecule has 7 nitrogen and oxygen atoms in total. The molecule has 0 saturated carbocycles. The number of hydrogen-bond acceptors (Lipinski definition) is 4. The molecule has 7 heteroatoms. The van der Waals surface area contributed by atoms with Crippen LogP contribution in [0, 0.1) is 0 Å². The van der Waals surface area contributed by atoms with Crippen molar-refractivity contribution in [3.63, 3.8) is 0 Å². The number of carbonyl (C=O) groups excluding carboxylic acids is 1. The van der Waals surface area contributed by atoms with Gasteiger partial charge in [0.2, 0.25) is 0 Å². The number of nitrogens with one attached hydrogen (secondary N) is 1. The van der Waals surface area contributed by atoms with Crippen LogP contribution in [0.25, 0.3) is 5.69 Å². The summed E-state index contributed by atoms with van der Waals surface area (Å²) in [6, 6.07) is 9.25. The van der Waals surface area contributed by atoms with Crippen molar-refractivity contribution in [2.75, 3.05) is 31.6 Å². The Morgan fingerprint density at radius 1 is 1.18 bits per heavy atom. The van der Waals surface area contributed by atoms with Crippen molar-refractivity contribution in [1.29, 1.82) is 0 Å². The zero-order valence-corrected chi connectivity index (χ0v) is 12.2. The lowest BCUT2D eigenvalue weighted by atomic mass is 10.3. The molecule has 1 aromatic heterocycles. The van der Waals surface area contributed by atoms with Crippen molar-refractivity contribution >= 4 is 11.7 Å². The van der Waals surface area contributed by atoms with Crippen molar-refractivity contribution in [2.24, 2.45) is 0 Å². The number of carbonyl (C=O) groups is 1. The Hall–Kier alpha value is -2.38. The summed E-state index contributed by atoms with van der Waals surface area (Å²) in [7, 11) is 0. The molecule has 118 valence electrons. The number of benzene rings is 1. The van der Waals surface area contributed by atoms with Crippen molar-refractivity contribution in [3.05, 3.63) is 42.7 Å². The molecule has 1 heterocycles. The van der Waals surface area contributed by atoms with E-state index in [4.69, 9.17) is 10.2 Å². The van der Waals surface area contributed by atoms with Crippen LogP contribution in [0.2, 0.25) is 0 Å². The molecule has 0 bridgehead atoms. The predicted octanol–water partition coefficient (Wildman–Crippen LogP) is 1.08. The third-order valence-corrected chi connectivity index (χ3v) is 3.10. The lowest BCUT2D eigenvalue weighted by Gasteiger charge is -2.21. The first-order valence-electron chi connectivity index (χ1n) is 7.12. The minimum Gasteiger partial charge on any atom is -0.396 e. The first-order valence-corrected chi connectivity index (χ1v) is 7.12. The van der Waals surface area contributed by atoms with Crippen LogP contribution in [0.3, 0.4) is 0 Å². The highest BCUT2D eigenvalue weighted by molar-refractivity contribution is 5.89. The number of para-hydroxylation sites is 1. The summed E-state index contributed by atoms with van der Waals surface area (Å²) >= 11 is 0. The number of aliphatic hydroxyl groups is 2. The minimum absolute atomic E-state index is 0.00114. The molecule has 0 fully saturated rings. The molecule has 0 aliphatic carbocycles. The fraction of sp³-hybridized carbons (Fsp3) is 0.333. The van der Waals surface area contributed by atoms with Gasteiger partial charge in [-0.2, -0.15) is 5.10 Å². The van der Waals surface area contributed by atoms with E-state index in [0.29, 0.717) is 18.7 Å². The van der Waals surface area contributed by atoms with Crippen LogP contribution in [0.4, 0.5) is 10.5 Å². The molecule has 0 radical (unpaired) electrons. The molecule has 2 amide bonds. The number of aromatic nitrogens is 2. The van der Waals surface area contributed by atoms with Crippen molar-refractivity contribution in [1.82, 2.24) is 14.7 Å². The Labute approximate surface area is 128 Å². The van der Waals surface area contributed by atoms with E-state index in [1.54, 1.807) is 17.1 Å². The highest BCUT2D eigenvalue weighted by atomic mass is 16.3. The lowest BCUT2D eigenvalue weighted by Crippen LogP contribution is -2.38. The molecule has 0 saturated heterocycles. The second-order valence-electron chi connectivity index (χ2n) is 4.73. The monoisotopic (exact) mass is 304 g/mol. The molecule has 0 aliphatic rings. The molecule has 0 unspecified atom stereocenters. The average molecular weight is 304 g/mol. The van der Waals surface area contributed by atoms with Gasteiger partial charge in [0, 0.05) is 19.7 Å². The molecule has 1 aromatic carbocycles. The number of anilines is 1. The van der Waals surface area contributed by atoms with Gasteiger partial charge in [-0.25, -0.2) is 9.48 Å². The molecule has 0 spiro atoms. The maximum atomic E-state index is 12.1. The number of amides is 2. The van der Waals surface area contributed by atoms with E-state index < -0.39 is 0 Å². The van der Waals surface area contributed by atoms with Crippen molar-refractivity contribution in [3.8, 4) is 5.69 Å². The topological polar surface area (TPSA) is 90.6 Å². The summed E-state index contributed by atoms with van der Waals surface area (Å²) < 4.78 is 1.67. The Morgan fingerprint density at radius 2 is 1.95 bits per heavy atom. The standard InChI is InChI=1S/C15H20N4O3/c20-9-4-7-18(8-10-21)15(22)17-13-11-16-19(12-13)14-5-2-1-3-6-14/h1-3,5-6,11-12,20-21H,4,7-10H2,(H,17,22). The smallest absolute Gasteiger partial charge is 0.322 e. The highest BCUT2D eigenvalue weighted by Crippen LogP contribution is 2.12. The quantitative estimate of drug-likeness (QED) is 0.714. The van der Waals surface area contributed by atoms with E-state index in [1.807, 2.05) is 30.3 Å². The van der Waals surface area contributed by atoms with Gasteiger partial charge in [-0.3, -0.25) is 0 Å². The number of aliphatic hydroxyl groups excluding tert-OH is 2. The van der Waals surface area contributed by atoms with Gasteiger partial charge in [0.15, 0.2) is 0 Å². The lowest BCUT2D eigenvalue weighted by molar-refractivity contribution is 0.180. The zero-order valence-electron chi connectivity index (χ0n) is 12.2. The molecule has 0 aliphatic heterocycles. The van der Waals surface area contributed by atoms with Gasteiger partial charge in [-0.05, 0) is 18.6 Å². The minimum atomic E-state index is -0.324. The molecule has 2 aromatic rings. The summed E-state index contributed by atoms with van der Waals surface area (Å²) in [5.41, 5.74) is 1.47. The van der Waals surface area contributed by atoms with Crippen molar-refractivity contribution < 1.29 is 15.0 Å². The normalized spacial score (nSPS) is 10.5. The average Bonchev–Trinajstić information content (AvgIpc) is 3.00. The first kappa shape index (κ1) is 16.0. The van der Waals surface area contributed by atoms with E-state index in [1.165, 1.54) is 4.90 Å². The zero-order chi connectivity index (χ0) is 15.8. The highest BCUT2D eigenvalue weighted by Gasteiger charge is 2.13. The maximum Gasteiger partial charge on any atom is 0.322 e. The molecular weight excluding hydrogens is 284 g/mol. The second-order valence-corrected chi connectivity index (χ2v) is 4.73. The van der Waals surface area contributed by atoms with E-state index in [9.17, 15) is 4.79 Å². The molecule has 3 N–H and O–H groups in total. The van der Waals surface area contributed by atoms with Gasteiger partial charge in [-0.15, -0.1) is 0 Å². The fourth-order valence-electron chi connectivity index (χ4n) is 2.01. The van der Waals surface area contributed by atoms with Gasteiger partial charge >= 0.3 is 6.03 Å². The van der Waals surface area contributed by atoms with Crippen LogP contribution in [-0.4, -0.2) is 57.2 Å². The Kier molecular flexibility index (Phi) is 5.93. The Balaban J connectivity index is 2.00. The predicted molar refractivity (Wildman–Crippen MR) is 82.9 cm³/mol. The van der Waals surface area contributed by atoms with E-state index in [0.717, 1.165) is 5.69 Å². The largest absolute Gasteiger partial charge is 0.396 e. The van der Waals surface area contributed by atoms with E-state index >= 15 is 0 Å². The fourth-order valence-corrected chi connectivity index (χ4v) is 2.01. The summed E-state index contributed by atoms with van der Waals surface area (Å²) in [4.78, 5) is 13.6. The molecule has 2 rings (SSSR count). The molecular formula is C15H20N4O3. The van der Waals surface area contributed by atoms with Gasteiger partial charge < -0.3 is 20.4 Å². The summed E-state index contributed by atoms with van der Waals surface area (Å²) in [5, 5.41) is 24.8. The maximum absolute atomic E-state index is 12.1. The summed E-state index contributed by atoms with van der Waals surface area (Å²) in [6.07, 6.45) is 3.75. The summed E-state index contributed by atoms with van der Waals surface area (Å²) in [6.45, 7) is 0.484. The number of rotatable bonds is 7. The second kappa shape index (κ2) is 8.16. The van der Waals surface area contributed by atoms with Crippen LogP contribution >= 0.6 is 0 Å². The third-order valence-electron chi connectivity index (χ3n) is 3.10. The Morgan fingerprint density at radius 3 is 2.64 bits per heavy atom. The summed E-state index contributed by atoms with van der Waals surface area (Å²) in [5.74, 6) is 0. The van der Waals surface area contributed by atoms with Crippen molar-refractivity contribution in [2.45, 2.75) is 6.42 Å². The third kappa shape index (κ3) is 4.31. The number of hydrogen-bond donors (Lipinski definition) is 3. The van der Waals surface area contributed by atoms with Crippen LogP contribution in [-0.2, 0) is 0 Å². The van der Waals surface area contributed by atoms with Crippen LogP contribution < -0.4 is 5.32 Å². The number of urea groups is 1. The Bertz CT molecular complexity index is 585. The van der Waals surface area contributed by atoms with Gasteiger partial charge in [0.1, 0.15) is 0 Å².